The molecule has 0 aliphatic carbocycles. The topological polar surface area (TPSA) is 57.0 Å². The van der Waals surface area contributed by atoms with Gasteiger partial charge in [-0.05, 0) is 38.5 Å². The van der Waals surface area contributed by atoms with Crippen molar-refractivity contribution in [1.82, 2.24) is 14.5 Å². The molecule has 0 aliphatic rings. The van der Waals surface area contributed by atoms with E-state index >= 15 is 0 Å². The van der Waals surface area contributed by atoms with Crippen LogP contribution in [0.4, 0.5) is 0 Å². The fourth-order valence-corrected chi connectivity index (χ4v) is 2.81. The van der Waals surface area contributed by atoms with Gasteiger partial charge in [0.15, 0.2) is 5.82 Å². The van der Waals surface area contributed by atoms with Crippen LogP contribution in [0.2, 0.25) is 0 Å². The number of hydrogen-bond acceptors (Lipinski definition) is 4. The third kappa shape index (κ3) is 5.26. The van der Waals surface area contributed by atoms with Crippen molar-refractivity contribution < 1.29 is 4.74 Å². The molecule has 1 atom stereocenters. The van der Waals surface area contributed by atoms with Gasteiger partial charge in [0.2, 0.25) is 0 Å². The van der Waals surface area contributed by atoms with Crippen molar-refractivity contribution in [3.63, 3.8) is 0 Å². The van der Waals surface area contributed by atoms with E-state index in [0.29, 0.717) is 11.6 Å². The van der Waals surface area contributed by atoms with Crippen molar-refractivity contribution in [3.8, 4) is 5.75 Å². The second-order valence-electron chi connectivity index (χ2n) is 6.08. The Balaban J connectivity index is 0.00000126. The molecule has 1 unspecified atom stereocenters. The number of rotatable bonds is 5. The molecular formula is C22H27N3O2. The lowest BCUT2D eigenvalue weighted by molar-refractivity contribution is 0.294. The van der Waals surface area contributed by atoms with Gasteiger partial charge in [-0.1, -0.05) is 43.7 Å². The van der Waals surface area contributed by atoms with Gasteiger partial charge in [-0.15, -0.1) is 0 Å². The monoisotopic (exact) mass is 365 g/mol. The zero-order chi connectivity index (χ0) is 19.8. The SMILES string of the molecule is CC.Cc1ccc(C(C)n2c(C)cc(OCc3ncccn3)cc2=O)cc1. The van der Waals surface area contributed by atoms with Gasteiger partial charge >= 0.3 is 0 Å². The van der Waals surface area contributed by atoms with Crippen LogP contribution in [0.1, 0.15) is 49.5 Å². The number of ether oxygens (including phenoxy) is 1. The fourth-order valence-electron chi connectivity index (χ4n) is 2.81. The van der Waals surface area contributed by atoms with Gasteiger partial charge in [-0.25, -0.2) is 9.97 Å². The molecule has 0 fully saturated rings. The van der Waals surface area contributed by atoms with Crippen molar-refractivity contribution in [2.75, 3.05) is 0 Å². The van der Waals surface area contributed by atoms with E-state index in [1.165, 1.54) is 11.6 Å². The van der Waals surface area contributed by atoms with Gasteiger partial charge in [-0.2, -0.15) is 0 Å². The Morgan fingerprint density at radius 2 is 1.67 bits per heavy atom. The molecule has 3 aromatic rings. The van der Waals surface area contributed by atoms with Crippen LogP contribution in [0.5, 0.6) is 5.75 Å². The minimum Gasteiger partial charge on any atom is -0.485 e. The first-order valence-corrected chi connectivity index (χ1v) is 9.23. The molecule has 0 aliphatic heterocycles. The molecule has 5 heteroatoms. The summed E-state index contributed by atoms with van der Waals surface area (Å²) in [5.41, 5.74) is 3.07. The summed E-state index contributed by atoms with van der Waals surface area (Å²) in [6, 6.07) is 13.3. The summed E-state index contributed by atoms with van der Waals surface area (Å²) in [6.07, 6.45) is 3.33. The molecule has 0 amide bonds. The quantitative estimate of drug-likeness (QED) is 0.669. The van der Waals surface area contributed by atoms with Crippen molar-refractivity contribution in [2.24, 2.45) is 0 Å². The first kappa shape index (κ1) is 20.4. The van der Waals surface area contributed by atoms with Gasteiger partial charge in [0.25, 0.3) is 5.56 Å². The van der Waals surface area contributed by atoms with E-state index in [-0.39, 0.29) is 18.2 Å². The van der Waals surface area contributed by atoms with Crippen molar-refractivity contribution in [1.29, 1.82) is 0 Å². The highest BCUT2D eigenvalue weighted by Gasteiger charge is 2.13. The van der Waals surface area contributed by atoms with Gasteiger partial charge in [0.05, 0.1) is 6.04 Å². The van der Waals surface area contributed by atoms with Crippen LogP contribution < -0.4 is 10.3 Å². The highest BCUT2D eigenvalue weighted by atomic mass is 16.5. The summed E-state index contributed by atoms with van der Waals surface area (Å²) < 4.78 is 7.45. The first-order chi connectivity index (χ1) is 13.0. The Labute approximate surface area is 160 Å². The summed E-state index contributed by atoms with van der Waals surface area (Å²) >= 11 is 0. The standard InChI is InChI=1S/C20H21N3O2.C2H6/c1-14-5-7-17(8-6-14)16(3)23-15(2)11-18(12-20(23)24)25-13-19-21-9-4-10-22-19;1-2/h4-12,16H,13H2,1-3H3;1-2H3. The largest absolute Gasteiger partial charge is 0.485 e. The van der Waals surface area contributed by atoms with Crippen LogP contribution in [0, 0.1) is 13.8 Å². The average molecular weight is 365 g/mol. The second-order valence-corrected chi connectivity index (χ2v) is 6.08. The van der Waals surface area contributed by atoms with E-state index in [4.69, 9.17) is 4.74 Å². The fraction of sp³-hybridized carbons (Fsp3) is 0.318. The maximum atomic E-state index is 12.6. The molecule has 142 valence electrons. The Morgan fingerprint density at radius 3 is 2.26 bits per heavy atom. The summed E-state index contributed by atoms with van der Waals surface area (Å²) in [5, 5.41) is 0. The van der Waals surface area contributed by atoms with E-state index in [1.807, 2.05) is 33.8 Å². The minimum absolute atomic E-state index is 0.0420. The summed E-state index contributed by atoms with van der Waals surface area (Å²) in [4.78, 5) is 20.8. The van der Waals surface area contributed by atoms with Crippen molar-refractivity contribution >= 4 is 0 Å². The Bertz CT molecular complexity index is 903. The molecule has 0 saturated carbocycles. The van der Waals surface area contributed by atoms with Crippen LogP contribution in [0.25, 0.3) is 0 Å². The van der Waals surface area contributed by atoms with E-state index in [1.54, 1.807) is 23.0 Å². The molecule has 0 radical (unpaired) electrons. The first-order valence-electron chi connectivity index (χ1n) is 9.23. The number of aryl methyl sites for hydroxylation is 2. The number of hydrogen-bond donors (Lipinski definition) is 0. The van der Waals surface area contributed by atoms with Gasteiger partial charge in [-0.3, -0.25) is 4.79 Å². The smallest absolute Gasteiger partial charge is 0.254 e. The van der Waals surface area contributed by atoms with E-state index in [0.717, 1.165) is 11.3 Å². The third-order valence-electron chi connectivity index (χ3n) is 4.17. The zero-order valence-corrected chi connectivity index (χ0v) is 16.6. The highest BCUT2D eigenvalue weighted by molar-refractivity contribution is 5.28. The lowest BCUT2D eigenvalue weighted by Crippen LogP contribution is -2.25. The van der Waals surface area contributed by atoms with Gasteiger partial charge in [0.1, 0.15) is 12.4 Å². The Hall–Kier alpha value is -2.95. The number of nitrogens with zero attached hydrogens (tertiary/aromatic N) is 3. The minimum atomic E-state index is -0.0861. The predicted molar refractivity (Wildman–Crippen MR) is 108 cm³/mol. The molecule has 0 saturated heterocycles. The summed E-state index contributed by atoms with van der Waals surface area (Å²) in [6.45, 7) is 10.2. The number of pyridine rings is 1. The van der Waals surface area contributed by atoms with E-state index in [9.17, 15) is 4.79 Å². The Kier molecular flexibility index (Phi) is 7.29. The molecule has 2 aromatic heterocycles. The summed E-state index contributed by atoms with van der Waals surface area (Å²) in [5.74, 6) is 1.11. The number of benzene rings is 1. The third-order valence-corrected chi connectivity index (χ3v) is 4.17. The van der Waals surface area contributed by atoms with Crippen molar-refractivity contribution in [3.05, 3.63) is 87.9 Å². The molecule has 5 nitrogen and oxygen atoms in total. The lowest BCUT2D eigenvalue weighted by atomic mass is 10.1. The molecule has 2 heterocycles. The van der Waals surface area contributed by atoms with Crippen LogP contribution in [0.3, 0.4) is 0 Å². The van der Waals surface area contributed by atoms with Crippen molar-refractivity contribution in [2.45, 2.75) is 47.3 Å². The highest BCUT2D eigenvalue weighted by Crippen LogP contribution is 2.20. The number of aromatic nitrogens is 3. The zero-order valence-electron chi connectivity index (χ0n) is 16.6. The van der Waals surface area contributed by atoms with E-state index < -0.39 is 0 Å². The van der Waals surface area contributed by atoms with Crippen LogP contribution in [-0.4, -0.2) is 14.5 Å². The molecule has 0 bridgehead atoms. The maximum absolute atomic E-state index is 12.6. The molecule has 27 heavy (non-hydrogen) atoms. The Morgan fingerprint density at radius 1 is 1.04 bits per heavy atom. The normalized spacial score (nSPS) is 11.3. The predicted octanol–water partition coefficient (Wildman–Crippen LogP) is 4.47. The van der Waals surface area contributed by atoms with Gasteiger partial charge < -0.3 is 9.30 Å². The maximum Gasteiger partial charge on any atom is 0.254 e. The summed E-state index contributed by atoms with van der Waals surface area (Å²) in [7, 11) is 0. The second kappa shape index (κ2) is 9.67. The molecular weight excluding hydrogens is 338 g/mol. The average Bonchev–Trinajstić information content (AvgIpc) is 2.69. The molecule has 0 N–H and O–H groups in total. The molecule has 1 aromatic carbocycles. The van der Waals surface area contributed by atoms with Crippen LogP contribution in [0.15, 0.2) is 59.7 Å². The van der Waals surface area contributed by atoms with Crippen LogP contribution in [-0.2, 0) is 6.61 Å². The van der Waals surface area contributed by atoms with Gasteiger partial charge in [0, 0.05) is 24.2 Å². The van der Waals surface area contributed by atoms with Crippen LogP contribution >= 0.6 is 0 Å². The lowest BCUT2D eigenvalue weighted by Gasteiger charge is -2.19. The molecule has 3 rings (SSSR count). The van der Waals surface area contributed by atoms with E-state index in [2.05, 4.69) is 41.2 Å². The molecule has 0 spiro atoms.